The molecule has 3 rings (SSSR count). The van der Waals surface area contributed by atoms with Gasteiger partial charge in [0, 0.05) is 35.5 Å². The monoisotopic (exact) mass is 381 g/mol. The van der Waals surface area contributed by atoms with Gasteiger partial charge < -0.3 is 0 Å². The summed E-state index contributed by atoms with van der Waals surface area (Å²) in [6.45, 7) is 0.377. The zero-order chi connectivity index (χ0) is 14.3. The standard InChI is InChI=1S/C14H12IN3O2/c1-17-9(5-7-16-17)6-8-18-13(19)10-3-2-4-11(15)12(10)14(18)20/h2-5,7H,6,8H2,1H3. The highest BCUT2D eigenvalue weighted by atomic mass is 127. The average Bonchev–Trinajstić information content (AvgIpc) is 2.93. The Morgan fingerprint density at radius 1 is 1.20 bits per heavy atom. The molecule has 102 valence electrons. The minimum atomic E-state index is -0.203. The Bertz CT molecular complexity index is 708. The Balaban J connectivity index is 1.84. The molecule has 0 unspecified atom stereocenters. The molecule has 0 radical (unpaired) electrons. The summed E-state index contributed by atoms with van der Waals surface area (Å²) in [5.74, 6) is -0.400. The largest absolute Gasteiger partial charge is 0.274 e. The molecule has 0 bridgehead atoms. The van der Waals surface area contributed by atoms with Crippen LogP contribution in [0.3, 0.4) is 0 Å². The van der Waals surface area contributed by atoms with Crippen molar-refractivity contribution in [1.29, 1.82) is 0 Å². The molecule has 0 spiro atoms. The summed E-state index contributed by atoms with van der Waals surface area (Å²) < 4.78 is 2.57. The van der Waals surface area contributed by atoms with Crippen molar-refractivity contribution in [3.63, 3.8) is 0 Å². The minimum absolute atomic E-state index is 0.197. The van der Waals surface area contributed by atoms with Crippen molar-refractivity contribution in [3.8, 4) is 0 Å². The van der Waals surface area contributed by atoms with Gasteiger partial charge in [-0.3, -0.25) is 19.2 Å². The number of fused-ring (bicyclic) bond motifs is 1. The molecule has 20 heavy (non-hydrogen) atoms. The van der Waals surface area contributed by atoms with Crippen LogP contribution in [-0.4, -0.2) is 33.0 Å². The van der Waals surface area contributed by atoms with E-state index in [9.17, 15) is 9.59 Å². The van der Waals surface area contributed by atoms with Crippen LogP contribution in [0, 0.1) is 3.57 Å². The maximum atomic E-state index is 12.4. The van der Waals surface area contributed by atoms with E-state index >= 15 is 0 Å². The van der Waals surface area contributed by atoms with Gasteiger partial charge in [0.05, 0.1) is 11.1 Å². The van der Waals surface area contributed by atoms with Gasteiger partial charge in [0.25, 0.3) is 11.8 Å². The van der Waals surface area contributed by atoms with E-state index in [0.717, 1.165) is 9.26 Å². The molecule has 1 aromatic heterocycles. The average molecular weight is 381 g/mol. The number of amides is 2. The molecular weight excluding hydrogens is 369 g/mol. The van der Waals surface area contributed by atoms with Gasteiger partial charge in [0.1, 0.15) is 0 Å². The number of benzene rings is 1. The molecule has 1 aromatic carbocycles. The first kappa shape index (κ1) is 13.3. The molecule has 2 heterocycles. The van der Waals surface area contributed by atoms with E-state index in [4.69, 9.17) is 0 Å². The highest BCUT2D eigenvalue weighted by molar-refractivity contribution is 14.1. The number of aryl methyl sites for hydroxylation is 1. The summed E-state index contributed by atoms with van der Waals surface area (Å²) in [6.07, 6.45) is 2.32. The molecule has 0 fully saturated rings. The second-order valence-corrected chi connectivity index (χ2v) is 5.78. The van der Waals surface area contributed by atoms with E-state index in [1.165, 1.54) is 4.90 Å². The third-order valence-electron chi connectivity index (χ3n) is 3.46. The van der Waals surface area contributed by atoms with Crippen LogP contribution in [0.1, 0.15) is 26.4 Å². The van der Waals surface area contributed by atoms with E-state index < -0.39 is 0 Å². The number of hydrogen-bond donors (Lipinski definition) is 0. The molecule has 1 aliphatic rings. The fourth-order valence-electron chi connectivity index (χ4n) is 2.37. The smallest absolute Gasteiger partial charge is 0.262 e. The third kappa shape index (κ3) is 2.04. The van der Waals surface area contributed by atoms with Crippen molar-refractivity contribution in [2.45, 2.75) is 6.42 Å². The molecule has 6 heteroatoms. The summed E-state index contributed by atoms with van der Waals surface area (Å²) in [7, 11) is 1.85. The number of nitrogens with zero attached hydrogens (tertiary/aromatic N) is 3. The van der Waals surface area contributed by atoms with Crippen LogP contribution >= 0.6 is 22.6 Å². The molecule has 2 amide bonds. The van der Waals surface area contributed by atoms with Crippen LogP contribution in [-0.2, 0) is 13.5 Å². The zero-order valence-corrected chi connectivity index (χ0v) is 13.0. The van der Waals surface area contributed by atoms with Crippen LogP contribution in [0.2, 0.25) is 0 Å². The highest BCUT2D eigenvalue weighted by Crippen LogP contribution is 2.27. The lowest BCUT2D eigenvalue weighted by molar-refractivity contribution is 0.0655. The number of carbonyl (C=O) groups excluding carboxylic acids is 2. The Hall–Kier alpha value is -1.70. The molecular formula is C14H12IN3O2. The number of aromatic nitrogens is 2. The summed E-state index contributed by atoms with van der Waals surface area (Å²) >= 11 is 2.09. The van der Waals surface area contributed by atoms with Crippen molar-refractivity contribution in [2.24, 2.45) is 7.05 Å². The van der Waals surface area contributed by atoms with Crippen LogP contribution in [0.5, 0.6) is 0 Å². The van der Waals surface area contributed by atoms with Gasteiger partial charge in [-0.15, -0.1) is 0 Å². The first-order valence-electron chi connectivity index (χ1n) is 6.21. The number of hydrogen-bond acceptors (Lipinski definition) is 3. The van der Waals surface area contributed by atoms with Crippen molar-refractivity contribution >= 4 is 34.4 Å². The first-order valence-corrected chi connectivity index (χ1v) is 7.29. The van der Waals surface area contributed by atoms with Gasteiger partial charge >= 0.3 is 0 Å². The van der Waals surface area contributed by atoms with Gasteiger partial charge in [-0.1, -0.05) is 6.07 Å². The van der Waals surface area contributed by atoms with Crippen LogP contribution in [0.15, 0.2) is 30.5 Å². The second-order valence-electron chi connectivity index (χ2n) is 4.62. The maximum absolute atomic E-state index is 12.4. The summed E-state index contributed by atoms with van der Waals surface area (Å²) in [6, 6.07) is 7.25. The Kier molecular flexibility index (Phi) is 3.33. The second kappa shape index (κ2) is 5.01. The Morgan fingerprint density at radius 3 is 2.65 bits per heavy atom. The van der Waals surface area contributed by atoms with Crippen LogP contribution < -0.4 is 0 Å². The lowest BCUT2D eigenvalue weighted by Gasteiger charge is -2.13. The highest BCUT2D eigenvalue weighted by Gasteiger charge is 2.36. The third-order valence-corrected chi connectivity index (χ3v) is 4.36. The molecule has 0 saturated heterocycles. The lowest BCUT2D eigenvalue weighted by atomic mass is 10.1. The van der Waals surface area contributed by atoms with Gasteiger partial charge in [-0.2, -0.15) is 5.10 Å². The SMILES string of the molecule is Cn1nccc1CCN1C(=O)c2cccc(I)c2C1=O. The number of halogens is 1. The van der Waals surface area contributed by atoms with E-state index in [2.05, 4.69) is 27.7 Å². The summed E-state index contributed by atoms with van der Waals surface area (Å²) in [5.41, 5.74) is 2.03. The molecule has 0 N–H and O–H groups in total. The maximum Gasteiger partial charge on any atom is 0.262 e. The van der Waals surface area contributed by atoms with E-state index in [0.29, 0.717) is 24.1 Å². The predicted molar refractivity (Wildman–Crippen MR) is 81.4 cm³/mol. The molecule has 0 saturated carbocycles. The molecule has 0 aliphatic carbocycles. The quantitative estimate of drug-likeness (QED) is 0.603. The van der Waals surface area contributed by atoms with Gasteiger partial charge in [0.15, 0.2) is 0 Å². The topological polar surface area (TPSA) is 55.2 Å². The first-order chi connectivity index (χ1) is 9.59. The van der Waals surface area contributed by atoms with E-state index in [1.807, 2.05) is 19.2 Å². The number of rotatable bonds is 3. The van der Waals surface area contributed by atoms with Crippen LogP contribution in [0.4, 0.5) is 0 Å². The fourth-order valence-corrected chi connectivity index (χ4v) is 3.10. The summed E-state index contributed by atoms with van der Waals surface area (Å²) in [4.78, 5) is 26.0. The Labute approximate surface area is 129 Å². The Morgan fingerprint density at radius 2 is 2.00 bits per heavy atom. The molecule has 2 aromatic rings. The lowest BCUT2D eigenvalue weighted by Crippen LogP contribution is -2.32. The predicted octanol–water partition coefficient (Wildman–Crippen LogP) is 1.86. The van der Waals surface area contributed by atoms with E-state index in [1.54, 1.807) is 23.0 Å². The zero-order valence-electron chi connectivity index (χ0n) is 10.8. The molecule has 0 atom stereocenters. The number of imide groups is 1. The van der Waals surface area contributed by atoms with Gasteiger partial charge in [-0.25, -0.2) is 0 Å². The molecule has 5 nitrogen and oxygen atoms in total. The number of carbonyl (C=O) groups is 2. The summed E-state index contributed by atoms with van der Waals surface area (Å²) in [5, 5.41) is 4.08. The van der Waals surface area contributed by atoms with Crippen molar-refractivity contribution in [3.05, 3.63) is 50.9 Å². The van der Waals surface area contributed by atoms with Crippen molar-refractivity contribution < 1.29 is 9.59 Å². The van der Waals surface area contributed by atoms with Gasteiger partial charge in [-0.05, 0) is 40.8 Å². The fraction of sp³-hybridized carbons (Fsp3) is 0.214. The van der Waals surface area contributed by atoms with Crippen LogP contribution in [0.25, 0.3) is 0 Å². The molecule has 1 aliphatic heterocycles. The van der Waals surface area contributed by atoms with Crippen molar-refractivity contribution in [1.82, 2.24) is 14.7 Å². The van der Waals surface area contributed by atoms with E-state index in [-0.39, 0.29) is 11.8 Å². The minimum Gasteiger partial charge on any atom is -0.274 e. The van der Waals surface area contributed by atoms with Gasteiger partial charge in [0.2, 0.25) is 0 Å². The normalized spacial score (nSPS) is 14.0. The van der Waals surface area contributed by atoms with Crippen molar-refractivity contribution in [2.75, 3.05) is 6.54 Å².